The second-order valence-electron chi connectivity index (χ2n) is 4.47. The van der Waals surface area contributed by atoms with E-state index in [2.05, 4.69) is 5.32 Å². The van der Waals surface area contributed by atoms with Crippen molar-refractivity contribution >= 4 is 23.2 Å². The second-order valence-corrected chi connectivity index (χ2v) is 4.88. The fourth-order valence-electron chi connectivity index (χ4n) is 2.00. The zero-order valence-electron chi connectivity index (χ0n) is 12.2. The van der Waals surface area contributed by atoms with Gasteiger partial charge in [-0.05, 0) is 19.9 Å². The van der Waals surface area contributed by atoms with Gasteiger partial charge < -0.3 is 19.2 Å². The molecule has 112 valence electrons. The van der Waals surface area contributed by atoms with E-state index in [0.29, 0.717) is 39.3 Å². The normalized spacial score (nSPS) is 10.3. The zero-order chi connectivity index (χ0) is 15.6. The SMILES string of the molecule is COc1cc(NC(=O)c2cc(C)oc2C)c(OC)cc1Cl. The van der Waals surface area contributed by atoms with Crippen molar-refractivity contribution in [3.05, 3.63) is 40.3 Å². The molecule has 0 atom stereocenters. The summed E-state index contributed by atoms with van der Waals surface area (Å²) >= 11 is 6.03. The van der Waals surface area contributed by atoms with E-state index in [1.54, 1.807) is 32.0 Å². The minimum Gasteiger partial charge on any atom is -0.495 e. The van der Waals surface area contributed by atoms with Crippen LogP contribution < -0.4 is 14.8 Å². The molecule has 21 heavy (non-hydrogen) atoms. The maximum atomic E-state index is 12.3. The number of hydrogen-bond acceptors (Lipinski definition) is 4. The number of rotatable bonds is 4. The number of anilines is 1. The Hall–Kier alpha value is -2.14. The van der Waals surface area contributed by atoms with E-state index in [1.165, 1.54) is 14.2 Å². The van der Waals surface area contributed by atoms with Gasteiger partial charge in [0, 0.05) is 12.1 Å². The number of ether oxygens (including phenoxy) is 2. The van der Waals surface area contributed by atoms with Crippen LogP contribution in [0.3, 0.4) is 0 Å². The highest BCUT2D eigenvalue weighted by atomic mass is 35.5. The molecule has 0 saturated heterocycles. The summed E-state index contributed by atoms with van der Waals surface area (Å²) in [4.78, 5) is 12.3. The molecular weight excluding hydrogens is 294 g/mol. The summed E-state index contributed by atoms with van der Waals surface area (Å²) in [5, 5.41) is 3.18. The number of hydrogen-bond donors (Lipinski definition) is 1. The van der Waals surface area contributed by atoms with Crippen molar-refractivity contribution in [2.24, 2.45) is 0 Å². The highest BCUT2D eigenvalue weighted by Crippen LogP contribution is 2.36. The lowest BCUT2D eigenvalue weighted by molar-refractivity contribution is 0.102. The molecule has 0 aliphatic carbocycles. The first kappa shape index (κ1) is 15.3. The average Bonchev–Trinajstić information content (AvgIpc) is 2.79. The van der Waals surface area contributed by atoms with Crippen LogP contribution in [0.4, 0.5) is 5.69 Å². The molecule has 2 rings (SSSR count). The summed E-state index contributed by atoms with van der Waals surface area (Å²) in [6.07, 6.45) is 0. The van der Waals surface area contributed by atoms with Gasteiger partial charge in [0.05, 0.1) is 30.5 Å². The first-order valence-electron chi connectivity index (χ1n) is 6.26. The summed E-state index contributed by atoms with van der Waals surface area (Å²) < 4.78 is 15.7. The smallest absolute Gasteiger partial charge is 0.259 e. The van der Waals surface area contributed by atoms with Gasteiger partial charge in [-0.3, -0.25) is 4.79 Å². The largest absolute Gasteiger partial charge is 0.495 e. The van der Waals surface area contributed by atoms with Crippen LogP contribution in [0.1, 0.15) is 21.9 Å². The molecule has 0 aliphatic rings. The van der Waals surface area contributed by atoms with E-state index in [4.69, 9.17) is 25.5 Å². The lowest BCUT2D eigenvalue weighted by Gasteiger charge is -2.12. The number of halogens is 1. The summed E-state index contributed by atoms with van der Waals surface area (Å²) in [5.41, 5.74) is 0.950. The van der Waals surface area contributed by atoms with Crippen LogP contribution in [-0.2, 0) is 0 Å². The second kappa shape index (κ2) is 6.10. The van der Waals surface area contributed by atoms with Crippen LogP contribution >= 0.6 is 11.6 Å². The summed E-state index contributed by atoms with van der Waals surface area (Å²) in [6.45, 7) is 3.53. The number of aryl methyl sites for hydroxylation is 2. The fraction of sp³-hybridized carbons (Fsp3) is 0.267. The van der Waals surface area contributed by atoms with Crippen LogP contribution in [-0.4, -0.2) is 20.1 Å². The van der Waals surface area contributed by atoms with Gasteiger partial charge >= 0.3 is 0 Å². The maximum Gasteiger partial charge on any atom is 0.259 e. The molecular formula is C15H16ClNO4. The lowest BCUT2D eigenvalue weighted by Crippen LogP contribution is -2.13. The van der Waals surface area contributed by atoms with E-state index in [-0.39, 0.29) is 5.91 Å². The number of benzene rings is 1. The molecule has 1 amide bonds. The third kappa shape index (κ3) is 3.13. The van der Waals surface area contributed by atoms with E-state index >= 15 is 0 Å². The van der Waals surface area contributed by atoms with Crippen molar-refractivity contribution in [2.75, 3.05) is 19.5 Å². The monoisotopic (exact) mass is 309 g/mol. The van der Waals surface area contributed by atoms with E-state index in [9.17, 15) is 4.79 Å². The van der Waals surface area contributed by atoms with Crippen LogP contribution in [0.25, 0.3) is 0 Å². The average molecular weight is 310 g/mol. The molecule has 6 heteroatoms. The molecule has 1 aromatic carbocycles. The Balaban J connectivity index is 2.34. The Morgan fingerprint density at radius 2 is 1.81 bits per heavy atom. The first-order valence-corrected chi connectivity index (χ1v) is 6.64. The number of amides is 1. The third-order valence-corrected chi connectivity index (χ3v) is 3.30. The summed E-state index contributed by atoms with van der Waals surface area (Å²) in [7, 11) is 3.00. The predicted octanol–water partition coefficient (Wildman–Crippen LogP) is 3.82. The molecule has 0 bridgehead atoms. The van der Waals surface area contributed by atoms with Crippen LogP contribution in [0.15, 0.2) is 22.6 Å². The van der Waals surface area contributed by atoms with E-state index in [1.807, 2.05) is 0 Å². The number of nitrogens with one attached hydrogen (secondary N) is 1. The molecule has 5 nitrogen and oxygen atoms in total. The quantitative estimate of drug-likeness (QED) is 0.932. The molecule has 0 saturated carbocycles. The molecule has 0 radical (unpaired) electrons. The van der Waals surface area contributed by atoms with Gasteiger partial charge in [0.15, 0.2) is 0 Å². The minimum atomic E-state index is -0.285. The Morgan fingerprint density at radius 1 is 1.14 bits per heavy atom. The molecule has 0 spiro atoms. The highest BCUT2D eigenvalue weighted by molar-refractivity contribution is 6.32. The Kier molecular flexibility index (Phi) is 4.43. The number of carbonyl (C=O) groups excluding carboxylic acids is 1. The van der Waals surface area contributed by atoms with Gasteiger partial charge in [0.1, 0.15) is 23.0 Å². The van der Waals surface area contributed by atoms with Gasteiger partial charge in [-0.15, -0.1) is 0 Å². The van der Waals surface area contributed by atoms with Crippen molar-refractivity contribution in [3.8, 4) is 11.5 Å². The van der Waals surface area contributed by atoms with E-state index in [0.717, 1.165) is 0 Å². The van der Waals surface area contributed by atoms with Crippen LogP contribution in [0, 0.1) is 13.8 Å². The highest BCUT2D eigenvalue weighted by Gasteiger charge is 2.17. The van der Waals surface area contributed by atoms with Crippen molar-refractivity contribution in [3.63, 3.8) is 0 Å². The molecule has 0 unspecified atom stereocenters. The van der Waals surface area contributed by atoms with E-state index < -0.39 is 0 Å². The first-order chi connectivity index (χ1) is 9.96. The number of furan rings is 1. The summed E-state index contributed by atoms with van der Waals surface area (Å²) in [5.74, 6) is 1.86. The summed E-state index contributed by atoms with van der Waals surface area (Å²) in [6, 6.07) is 4.88. The Labute approximate surface area is 127 Å². The van der Waals surface area contributed by atoms with Gasteiger partial charge in [-0.25, -0.2) is 0 Å². The zero-order valence-corrected chi connectivity index (χ0v) is 13.0. The van der Waals surface area contributed by atoms with Crippen molar-refractivity contribution in [2.45, 2.75) is 13.8 Å². The van der Waals surface area contributed by atoms with Crippen molar-refractivity contribution in [1.29, 1.82) is 0 Å². The molecule has 2 aromatic rings. The Morgan fingerprint density at radius 3 is 2.33 bits per heavy atom. The standard InChI is InChI=1S/C15H16ClNO4/c1-8-5-10(9(2)21-8)15(18)17-12-7-13(19-3)11(16)6-14(12)20-4/h5-7H,1-4H3,(H,17,18). The Bertz CT molecular complexity index is 679. The van der Waals surface area contributed by atoms with Crippen molar-refractivity contribution < 1.29 is 18.7 Å². The van der Waals surface area contributed by atoms with Gasteiger partial charge in [0.2, 0.25) is 0 Å². The van der Waals surface area contributed by atoms with Crippen molar-refractivity contribution in [1.82, 2.24) is 0 Å². The lowest BCUT2D eigenvalue weighted by atomic mass is 10.2. The predicted molar refractivity (Wildman–Crippen MR) is 80.7 cm³/mol. The van der Waals surface area contributed by atoms with Gasteiger partial charge in [-0.1, -0.05) is 11.6 Å². The van der Waals surface area contributed by atoms with Gasteiger partial charge in [-0.2, -0.15) is 0 Å². The number of carbonyl (C=O) groups is 1. The topological polar surface area (TPSA) is 60.7 Å². The maximum absolute atomic E-state index is 12.3. The molecule has 0 fully saturated rings. The van der Waals surface area contributed by atoms with Crippen LogP contribution in [0.5, 0.6) is 11.5 Å². The van der Waals surface area contributed by atoms with Gasteiger partial charge in [0.25, 0.3) is 5.91 Å². The fourth-order valence-corrected chi connectivity index (χ4v) is 2.23. The number of methoxy groups -OCH3 is 2. The molecule has 1 aromatic heterocycles. The molecule has 0 aliphatic heterocycles. The molecule has 1 N–H and O–H groups in total. The third-order valence-electron chi connectivity index (χ3n) is 3.01. The van der Waals surface area contributed by atoms with Crippen LogP contribution in [0.2, 0.25) is 5.02 Å². The molecule has 1 heterocycles. The minimum absolute atomic E-state index is 0.285.